The number of methoxy groups -OCH3 is 2. The van der Waals surface area contributed by atoms with E-state index in [0.29, 0.717) is 28.3 Å². The summed E-state index contributed by atoms with van der Waals surface area (Å²) in [5.41, 5.74) is 1.46. The van der Waals surface area contributed by atoms with Crippen LogP contribution in [-0.2, 0) is 0 Å². The molecule has 1 amide bonds. The zero-order valence-corrected chi connectivity index (χ0v) is 12.5. The molecule has 0 atom stereocenters. The van der Waals surface area contributed by atoms with Gasteiger partial charge in [0.2, 0.25) is 0 Å². The zero-order chi connectivity index (χ0) is 16.4. The maximum absolute atomic E-state index is 12.6. The number of hydrogen-bond acceptors (Lipinski definition) is 5. The Bertz CT molecular complexity index is 903. The van der Waals surface area contributed by atoms with E-state index in [1.807, 2.05) is 0 Å². The van der Waals surface area contributed by atoms with E-state index in [9.17, 15) is 9.59 Å². The predicted octanol–water partition coefficient (Wildman–Crippen LogP) is 2.39. The number of oxazole rings is 1. The molecule has 2 N–H and O–H groups in total. The monoisotopic (exact) mass is 314 g/mol. The van der Waals surface area contributed by atoms with Crippen LogP contribution in [0.5, 0.6) is 11.5 Å². The summed E-state index contributed by atoms with van der Waals surface area (Å²) in [5.74, 6) is -0.241. The number of carbonyl (C=O) groups excluding carboxylic acids is 1. The number of aromatic nitrogens is 1. The van der Waals surface area contributed by atoms with Crippen molar-refractivity contribution >= 4 is 22.7 Å². The predicted molar refractivity (Wildman–Crippen MR) is 84.3 cm³/mol. The third-order valence-corrected chi connectivity index (χ3v) is 3.36. The summed E-state index contributed by atoms with van der Waals surface area (Å²) in [6, 6.07) is 10.0. The molecule has 0 saturated carbocycles. The Morgan fingerprint density at radius 3 is 2.39 bits per heavy atom. The third-order valence-electron chi connectivity index (χ3n) is 3.36. The number of H-pyrrole nitrogens is 1. The lowest BCUT2D eigenvalue weighted by Crippen LogP contribution is -2.15. The lowest BCUT2D eigenvalue weighted by atomic mass is 10.1. The summed E-state index contributed by atoms with van der Waals surface area (Å²) in [6.07, 6.45) is 0. The van der Waals surface area contributed by atoms with Crippen LogP contribution >= 0.6 is 0 Å². The quantitative estimate of drug-likeness (QED) is 0.771. The number of hydrogen-bond donors (Lipinski definition) is 2. The fourth-order valence-corrected chi connectivity index (χ4v) is 2.34. The molecule has 118 valence electrons. The van der Waals surface area contributed by atoms with Gasteiger partial charge in [-0.1, -0.05) is 12.1 Å². The van der Waals surface area contributed by atoms with Crippen molar-refractivity contribution in [1.82, 2.24) is 4.98 Å². The first-order chi connectivity index (χ1) is 11.1. The maximum atomic E-state index is 12.6. The number of nitrogens with one attached hydrogen (secondary N) is 2. The van der Waals surface area contributed by atoms with Crippen molar-refractivity contribution in [2.45, 2.75) is 0 Å². The van der Waals surface area contributed by atoms with E-state index < -0.39 is 11.7 Å². The maximum Gasteiger partial charge on any atom is 0.417 e. The van der Waals surface area contributed by atoms with Gasteiger partial charge in [-0.15, -0.1) is 0 Å². The summed E-state index contributed by atoms with van der Waals surface area (Å²) in [5, 5.41) is 2.73. The van der Waals surface area contributed by atoms with E-state index in [4.69, 9.17) is 13.9 Å². The second kappa shape index (κ2) is 5.88. The number of anilines is 1. The zero-order valence-electron chi connectivity index (χ0n) is 12.5. The normalized spacial score (nSPS) is 10.5. The van der Waals surface area contributed by atoms with Gasteiger partial charge in [0.15, 0.2) is 5.58 Å². The molecule has 1 aromatic heterocycles. The average molecular weight is 314 g/mol. The van der Waals surface area contributed by atoms with Crippen LogP contribution in [0.15, 0.2) is 45.6 Å². The first-order valence-electron chi connectivity index (χ1n) is 6.78. The molecule has 0 fully saturated rings. The van der Waals surface area contributed by atoms with Gasteiger partial charge in [0, 0.05) is 0 Å². The molecular formula is C16H14N2O5. The molecule has 7 heteroatoms. The van der Waals surface area contributed by atoms with Crippen molar-refractivity contribution in [3.05, 3.63) is 52.5 Å². The van der Waals surface area contributed by atoms with Gasteiger partial charge in [-0.25, -0.2) is 4.79 Å². The molecule has 3 rings (SSSR count). The number of carbonyl (C=O) groups is 1. The minimum Gasteiger partial charge on any atom is -0.496 e. The standard InChI is InChI=1S/C16H14N2O5/c1-21-10-6-4-7-11(22-2)13(10)15(19)17-9-5-3-8-12-14(9)18-16(20)23-12/h3-8H,1-2H3,(H,17,19)(H,18,20). The Labute approximate surface area is 130 Å². The van der Waals surface area contributed by atoms with Crippen molar-refractivity contribution < 1.29 is 18.7 Å². The Morgan fingerprint density at radius 2 is 1.74 bits per heavy atom. The van der Waals surface area contributed by atoms with Crippen LogP contribution in [0.4, 0.5) is 5.69 Å². The van der Waals surface area contributed by atoms with Crippen molar-refractivity contribution in [2.75, 3.05) is 19.5 Å². The summed E-state index contributed by atoms with van der Waals surface area (Å²) in [7, 11) is 2.94. The fraction of sp³-hybridized carbons (Fsp3) is 0.125. The minimum absolute atomic E-state index is 0.264. The Kier molecular flexibility index (Phi) is 3.76. The first-order valence-corrected chi connectivity index (χ1v) is 6.78. The molecule has 3 aromatic rings. The third kappa shape index (κ3) is 2.64. The van der Waals surface area contributed by atoms with E-state index >= 15 is 0 Å². The fourth-order valence-electron chi connectivity index (χ4n) is 2.34. The van der Waals surface area contributed by atoms with E-state index in [0.717, 1.165) is 0 Å². The SMILES string of the molecule is COc1cccc(OC)c1C(=O)Nc1cccc2oc(=O)[nH]c12. The Hall–Kier alpha value is -3.22. The summed E-state index contributed by atoms with van der Waals surface area (Å²) in [4.78, 5) is 26.5. The van der Waals surface area contributed by atoms with Crippen molar-refractivity contribution in [1.29, 1.82) is 0 Å². The number of rotatable bonds is 4. The highest BCUT2D eigenvalue weighted by Crippen LogP contribution is 2.30. The van der Waals surface area contributed by atoms with Crippen LogP contribution in [0.2, 0.25) is 0 Å². The molecule has 7 nitrogen and oxygen atoms in total. The van der Waals surface area contributed by atoms with E-state index in [1.165, 1.54) is 14.2 Å². The lowest BCUT2D eigenvalue weighted by Gasteiger charge is -2.13. The molecule has 0 aliphatic carbocycles. The number of ether oxygens (including phenoxy) is 2. The van der Waals surface area contributed by atoms with Crippen LogP contribution in [0.1, 0.15) is 10.4 Å². The number of para-hydroxylation sites is 1. The molecule has 0 saturated heterocycles. The highest BCUT2D eigenvalue weighted by atomic mass is 16.5. The first kappa shape index (κ1) is 14.7. The van der Waals surface area contributed by atoms with Crippen LogP contribution < -0.4 is 20.5 Å². The molecule has 23 heavy (non-hydrogen) atoms. The molecule has 0 aliphatic heterocycles. The van der Waals surface area contributed by atoms with Crippen molar-refractivity contribution in [3.8, 4) is 11.5 Å². The van der Waals surface area contributed by atoms with Gasteiger partial charge >= 0.3 is 5.76 Å². The number of aromatic amines is 1. The van der Waals surface area contributed by atoms with Crippen LogP contribution in [0, 0.1) is 0 Å². The topological polar surface area (TPSA) is 93.6 Å². The molecule has 0 spiro atoms. The second-order valence-corrected chi connectivity index (χ2v) is 4.68. The average Bonchev–Trinajstić information content (AvgIpc) is 2.95. The van der Waals surface area contributed by atoms with Crippen molar-refractivity contribution in [2.24, 2.45) is 0 Å². The Morgan fingerprint density at radius 1 is 1.09 bits per heavy atom. The number of fused-ring (bicyclic) bond motifs is 1. The van der Waals surface area contributed by atoms with Crippen LogP contribution in [0.25, 0.3) is 11.1 Å². The molecule has 0 aliphatic rings. The van der Waals surface area contributed by atoms with Gasteiger partial charge in [0.25, 0.3) is 5.91 Å². The Balaban J connectivity index is 2.03. The van der Waals surface area contributed by atoms with Crippen LogP contribution in [-0.4, -0.2) is 25.1 Å². The molecule has 2 aromatic carbocycles. The second-order valence-electron chi connectivity index (χ2n) is 4.68. The van der Waals surface area contributed by atoms with Gasteiger partial charge in [-0.3, -0.25) is 9.78 Å². The van der Waals surface area contributed by atoms with Crippen LogP contribution in [0.3, 0.4) is 0 Å². The molecule has 0 unspecified atom stereocenters. The summed E-state index contributed by atoms with van der Waals surface area (Å²) in [6.45, 7) is 0. The van der Waals surface area contributed by atoms with Gasteiger partial charge < -0.3 is 19.2 Å². The smallest absolute Gasteiger partial charge is 0.417 e. The molecule has 0 bridgehead atoms. The van der Waals surface area contributed by atoms with Gasteiger partial charge in [0.05, 0.1) is 19.9 Å². The van der Waals surface area contributed by atoms with Gasteiger partial charge in [0.1, 0.15) is 22.6 Å². The summed E-state index contributed by atoms with van der Waals surface area (Å²) < 4.78 is 15.4. The van der Waals surface area contributed by atoms with Gasteiger partial charge in [-0.2, -0.15) is 0 Å². The number of benzene rings is 2. The number of amides is 1. The molecule has 1 heterocycles. The van der Waals surface area contributed by atoms with E-state index in [2.05, 4.69) is 10.3 Å². The van der Waals surface area contributed by atoms with Crippen molar-refractivity contribution in [3.63, 3.8) is 0 Å². The summed E-state index contributed by atoms with van der Waals surface area (Å²) >= 11 is 0. The van der Waals surface area contributed by atoms with E-state index in [-0.39, 0.29) is 5.56 Å². The largest absolute Gasteiger partial charge is 0.496 e. The highest BCUT2D eigenvalue weighted by molar-refractivity contribution is 6.10. The minimum atomic E-state index is -0.587. The van der Waals surface area contributed by atoms with E-state index in [1.54, 1.807) is 36.4 Å². The van der Waals surface area contributed by atoms with Gasteiger partial charge in [-0.05, 0) is 24.3 Å². The lowest BCUT2D eigenvalue weighted by molar-refractivity contribution is 0.102. The highest BCUT2D eigenvalue weighted by Gasteiger charge is 2.19. The molecular weight excluding hydrogens is 300 g/mol. The molecule has 0 radical (unpaired) electrons.